The summed E-state index contributed by atoms with van der Waals surface area (Å²) in [5.41, 5.74) is 2.18. The number of ether oxygens (including phenoxy) is 1. The standard InChI is InChI=1S/C15H14BrClO/c1-2-11-5-3-4-6-14(11)18-15-9-13(16)8-7-12(15)10-17/h3-9H,2,10H2,1H3. The predicted octanol–water partition coefficient (Wildman–Crippen LogP) is 5.54. The molecule has 18 heavy (non-hydrogen) atoms. The van der Waals surface area contributed by atoms with Crippen LogP contribution in [0.25, 0.3) is 0 Å². The van der Waals surface area contributed by atoms with E-state index in [1.165, 1.54) is 5.56 Å². The van der Waals surface area contributed by atoms with Gasteiger partial charge < -0.3 is 4.74 Å². The van der Waals surface area contributed by atoms with E-state index in [2.05, 4.69) is 28.9 Å². The molecular weight excluding hydrogens is 312 g/mol. The molecule has 0 spiro atoms. The summed E-state index contributed by atoms with van der Waals surface area (Å²) in [5, 5.41) is 0. The van der Waals surface area contributed by atoms with Gasteiger partial charge in [-0.15, -0.1) is 11.6 Å². The smallest absolute Gasteiger partial charge is 0.132 e. The third-order valence-corrected chi connectivity index (χ3v) is 3.53. The van der Waals surface area contributed by atoms with Crippen LogP contribution in [0, 0.1) is 0 Å². The lowest BCUT2D eigenvalue weighted by Crippen LogP contribution is -1.93. The lowest BCUT2D eigenvalue weighted by molar-refractivity contribution is 0.472. The Morgan fingerprint density at radius 2 is 1.83 bits per heavy atom. The molecule has 2 rings (SSSR count). The number of alkyl halides is 1. The molecule has 0 heterocycles. The molecule has 0 saturated carbocycles. The number of aryl methyl sites for hydroxylation is 1. The highest BCUT2D eigenvalue weighted by atomic mass is 79.9. The van der Waals surface area contributed by atoms with Gasteiger partial charge in [0.1, 0.15) is 11.5 Å². The zero-order valence-corrected chi connectivity index (χ0v) is 12.5. The molecule has 0 aliphatic heterocycles. The van der Waals surface area contributed by atoms with Gasteiger partial charge in [0.25, 0.3) is 0 Å². The summed E-state index contributed by atoms with van der Waals surface area (Å²) in [7, 11) is 0. The van der Waals surface area contributed by atoms with Crippen LogP contribution in [0.5, 0.6) is 11.5 Å². The molecule has 0 amide bonds. The lowest BCUT2D eigenvalue weighted by Gasteiger charge is -2.13. The molecule has 1 nitrogen and oxygen atoms in total. The Kier molecular flexibility index (Phi) is 4.67. The molecule has 0 N–H and O–H groups in total. The Balaban J connectivity index is 2.36. The predicted molar refractivity (Wildman–Crippen MR) is 79.6 cm³/mol. The van der Waals surface area contributed by atoms with Crippen LogP contribution in [0.1, 0.15) is 18.1 Å². The Labute approximate surface area is 121 Å². The first-order valence-electron chi connectivity index (χ1n) is 5.84. The van der Waals surface area contributed by atoms with Crippen molar-refractivity contribution < 1.29 is 4.74 Å². The van der Waals surface area contributed by atoms with Crippen molar-refractivity contribution in [2.24, 2.45) is 0 Å². The second kappa shape index (κ2) is 6.26. The van der Waals surface area contributed by atoms with E-state index >= 15 is 0 Å². The number of hydrogen-bond donors (Lipinski definition) is 0. The van der Waals surface area contributed by atoms with Crippen molar-refractivity contribution in [2.45, 2.75) is 19.2 Å². The first-order valence-corrected chi connectivity index (χ1v) is 7.17. The van der Waals surface area contributed by atoms with Gasteiger partial charge in [-0.05, 0) is 30.2 Å². The second-order valence-electron chi connectivity index (χ2n) is 3.95. The molecule has 0 saturated heterocycles. The minimum Gasteiger partial charge on any atom is -0.457 e. The van der Waals surface area contributed by atoms with E-state index in [-0.39, 0.29) is 0 Å². The fourth-order valence-corrected chi connectivity index (χ4v) is 2.31. The molecule has 0 atom stereocenters. The van der Waals surface area contributed by atoms with Crippen LogP contribution in [0.15, 0.2) is 46.9 Å². The van der Waals surface area contributed by atoms with Gasteiger partial charge in [-0.25, -0.2) is 0 Å². The highest BCUT2D eigenvalue weighted by molar-refractivity contribution is 9.10. The number of hydrogen-bond acceptors (Lipinski definition) is 1. The largest absolute Gasteiger partial charge is 0.457 e. The maximum absolute atomic E-state index is 5.99. The van der Waals surface area contributed by atoms with Crippen LogP contribution in [0.4, 0.5) is 0 Å². The highest BCUT2D eigenvalue weighted by Crippen LogP contribution is 2.31. The topological polar surface area (TPSA) is 9.23 Å². The van der Waals surface area contributed by atoms with E-state index < -0.39 is 0 Å². The van der Waals surface area contributed by atoms with Crippen LogP contribution < -0.4 is 4.74 Å². The molecule has 0 unspecified atom stereocenters. The quantitative estimate of drug-likeness (QED) is 0.670. The van der Waals surface area contributed by atoms with E-state index in [0.29, 0.717) is 5.88 Å². The monoisotopic (exact) mass is 324 g/mol. The van der Waals surface area contributed by atoms with Crippen molar-refractivity contribution in [3.05, 3.63) is 58.1 Å². The van der Waals surface area contributed by atoms with Gasteiger partial charge in [-0.3, -0.25) is 0 Å². The van der Waals surface area contributed by atoms with Gasteiger partial charge >= 0.3 is 0 Å². The highest BCUT2D eigenvalue weighted by Gasteiger charge is 2.07. The third-order valence-electron chi connectivity index (χ3n) is 2.75. The van der Waals surface area contributed by atoms with Crippen molar-refractivity contribution >= 4 is 27.5 Å². The number of benzene rings is 2. The van der Waals surface area contributed by atoms with Gasteiger partial charge in [0, 0.05) is 10.0 Å². The minimum atomic E-state index is 0.441. The van der Waals surface area contributed by atoms with Gasteiger partial charge in [0.15, 0.2) is 0 Å². The van der Waals surface area contributed by atoms with Crippen LogP contribution in [-0.4, -0.2) is 0 Å². The van der Waals surface area contributed by atoms with Crippen molar-refractivity contribution in [3.8, 4) is 11.5 Å². The lowest BCUT2D eigenvalue weighted by atomic mass is 10.1. The molecule has 0 aromatic heterocycles. The molecule has 3 heteroatoms. The first kappa shape index (κ1) is 13.4. The third kappa shape index (κ3) is 3.06. The zero-order valence-electron chi connectivity index (χ0n) is 10.1. The van der Waals surface area contributed by atoms with E-state index in [0.717, 1.165) is 28.0 Å². The Bertz CT molecular complexity index is 540. The molecule has 2 aromatic rings. The molecule has 0 bridgehead atoms. The van der Waals surface area contributed by atoms with Crippen LogP contribution >= 0.6 is 27.5 Å². The number of para-hydroxylation sites is 1. The summed E-state index contributed by atoms with van der Waals surface area (Å²) in [5.74, 6) is 2.14. The fourth-order valence-electron chi connectivity index (χ4n) is 1.75. The average Bonchev–Trinajstić information content (AvgIpc) is 2.40. The van der Waals surface area contributed by atoms with E-state index in [1.807, 2.05) is 36.4 Å². The molecule has 94 valence electrons. The van der Waals surface area contributed by atoms with E-state index in [1.54, 1.807) is 0 Å². The summed E-state index contributed by atoms with van der Waals surface area (Å²) < 4.78 is 6.98. The second-order valence-corrected chi connectivity index (χ2v) is 5.13. The van der Waals surface area contributed by atoms with Crippen molar-refractivity contribution in [1.82, 2.24) is 0 Å². The molecule has 2 aromatic carbocycles. The van der Waals surface area contributed by atoms with Gasteiger partial charge in [0.2, 0.25) is 0 Å². The van der Waals surface area contributed by atoms with Gasteiger partial charge in [0.05, 0.1) is 5.88 Å². The summed E-state index contributed by atoms with van der Waals surface area (Å²) >= 11 is 9.38. The van der Waals surface area contributed by atoms with Gasteiger partial charge in [-0.2, -0.15) is 0 Å². The first-order chi connectivity index (χ1) is 8.74. The van der Waals surface area contributed by atoms with E-state index in [4.69, 9.17) is 16.3 Å². The SMILES string of the molecule is CCc1ccccc1Oc1cc(Br)ccc1CCl. The molecular formula is C15H14BrClO. The molecule has 0 aliphatic carbocycles. The Hall–Kier alpha value is -0.990. The maximum Gasteiger partial charge on any atom is 0.132 e. The summed E-state index contributed by atoms with van der Waals surface area (Å²) in [4.78, 5) is 0. The Morgan fingerprint density at radius 3 is 2.56 bits per heavy atom. The molecule has 0 fully saturated rings. The minimum absolute atomic E-state index is 0.441. The van der Waals surface area contributed by atoms with Gasteiger partial charge in [-0.1, -0.05) is 47.1 Å². The normalized spacial score (nSPS) is 10.4. The molecule has 0 aliphatic rings. The Morgan fingerprint density at radius 1 is 1.06 bits per heavy atom. The zero-order chi connectivity index (χ0) is 13.0. The van der Waals surface area contributed by atoms with Crippen molar-refractivity contribution in [3.63, 3.8) is 0 Å². The van der Waals surface area contributed by atoms with E-state index in [9.17, 15) is 0 Å². The summed E-state index contributed by atoms with van der Waals surface area (Å²) in [6.45, 7) is 2.12. The van der Waals surface area contributed by atoms with Crippen molar-refractivity contribution in [1.29, 1.82) is 0 Å². The summed E-state index contributed by atoms with van der Waals surface area (Å²) in [6.07, 6.45) is 0.945. The van der Waals surface area contributed by atoms with Crippen LogP contribution in [-0.2, 0) is 12.3 Å². The molecule has 0 radical (unpaired) electrons. The number of rotatable bonds is 4. The number of halogens is 2. The fraction of sp³-hybridized carbons (Fsp3) is 0.200. The summed E-state index contributed by atoms with van der Waals surface area (Å²) in [6, 6.07) is 14.0. The van der Waals surface area contributed by atoms with Crippen LogP contribution in [0.3, 0.4) is 0 Å². The maximum atomic E-state index is 5.99. The average molecular weight is 326 g/mol. The van der Waals surface area contributed by atoms with Crippen molar-refractivity contribution in [2.75, 3.05) is 0 Å². The van der Waals surface area contributed by atoms with Crippen LogP contribution in [0.2, 0.25) is 0 Å².